The maximum Gasteiger partial charge on any atom is 0.193 e. The predicted octanol–water partition coefficient (Wildman–Crippen LogP) is 2.69. The molecule has 5 aliphatic carbocycles. The number of hydrogen-bond donors (Lipinski definition) is 3. The first-order valence-corrected chi connectivity index (χ1v) is 9.99. The molecular weight excluding hydrogens is 453 g/mol. The van der Waals surface area contributed by atoms with E-state index in [0.29, 0.717) is 30.9 Å². The van der Waals surface area contributed by atoms with E-state index in [2.05, 4.69) is 10.3 Å². The highest BCUT2D eigenvalue weighted by atomic mass is 127. The van der Waals surface area contributed by atoms with Gasteiger partial charge >= 0.3 is 0 Å². The monoisotopic (exact) mass is 481 g/mol. The summed E-state index contributed by atoms with van der Waals surface area (Å²) in [6, 6.07) is 7.95. The van der Waals surface area contributed by atoms with Crippen LogP contribution in [0, 0.1) is 47.3 Å². The maximum atomic E-state index is 11.6. The van der Waals surface area contributed by atoms with Crippen molar-refractivity contribution in [2.75, 3.05) is 19.0 Å². The van der Waals surface area contributed by atoms with E-state index < -0.39 is 5.60 Å². The van der Waals surface area contributed by atoms with Crippen LogP contribution in [0.2, 0.25) is 0 Å². The van der Waals surface area contributed by atoms with E-state index in [-0.39, 0.29) is 24.0 Å². The second-order valence-electron chi connectivity index (χ2n) is 9.24. The molecule has 2 bridgehead atoms. The normalized spacial score (nSPS) is 47.3. The molecule has 0 radical (unpaired) electrons. The number of benzene rings is 1. The first-order chi connectivity index (χ1) is 12.6. The first kappa shape index (κ1) is 18.2. The Morgan fingerprint density at radius 2 is 1.93 bits per heavy atom. The topological polar surface area (TPSA) is 79.9 Å². The molecule has 0 saturated heterocycles. The summed E-state index contributed by atoms with van der Waals surface area (Å²) < 4.78 is 5.25. The molecule has 9 unspecified atom stereocenters. The summed E-state index contributed by atoms with van der Waals surface area (Å²) in [6.07, 6.45) is 2.75. The van der Waals surface area contributed by atoms with E-state index in [4.69, 9.17) is 10.5 Å². The standard InChI is InChI=1S/C21H27N3O2.HI/c1-26-8-10-4-2-3-5-15(10)24-20(22)23-9-21(25)18-12-7-13-16-11(12)6-14(18)17(16)19(13)21;/h2-5,11-14,16-19,25H,6-9H2,1H3,(H3,22,23,24);1H. The molecule has 1 aromatic rings. The summed E-state index contributed by atoms with van der Waals surface area (Å²) in [7, 11) is 1.68. The van der Waals surface area contributed by atoms with E-state index in [1.54, 1.807) is 7.11 Å². The van der Waals surface area contributed by atoms with Gasteiger partial charge in [-0.05, 0) is 66.3 Å². The SMILES string of the molecule is COCc1ccccc1NC(N)=NCC1(O)C2C3CC4C5C3CC2C5C41.I. The van der Waals surface area contributed by atoms with Crippen LogP contribution < -0.4 is 11.1 Å². The van der Waals surface area contributed by atoms with Gasteiger partial charge in [0.1, 0.15) is 0 Å². The minimum absolute atomic E-state index is 0. The van der Waals surface area contributed by atoms with Crippen LogP contribution in [-0.2, 0) is 11.3 Å². The van der Waals surface area contributed by atoms with Crippen LogP contribution in [0.4, 0.5) is 5.69 Å². The third kappa shape index (κ3) is 2.15. The van der Waals surface area contributed by atoms with Crippen LogP contribution in [0.25, 0.3) is 0 Å². The number of para-hydroxylation sites is 1. The van der Waals surface area contributed by atoms with Crippen molar-refractivity contribution in [3.05, 3.63) is 29.8 Å². The molecule has 27 heavy (non-hydrogen) atoms. The lowest BCUT2D eigenvalue weighted by atomic mass is 9.56. The largest absolute Gasteiger partial charge is 0.387 e. The molecule has 9 atom stereocenters. The second-order valence-corrected chi connectivity index (χ2v) is 9.24. The summed E-state index contributed by atoms with van der Waals surface area (Å²) in [5, 5.41) is 14.8. The highest BCUT2D eigenvalue weighted by Crippen LogP contribution is 2.85. The van der Waals surface area contributed by atoms with Crippen molar-refractivity contribution in [3.8, 4) is 0 Å². The highest BCUT2D eigenvalue weighted by Gasteiger charge is 2.84. The van der Waals surface area contributed by atoms with Gasteiger partial charge in [-0.2, -0.15) is 0 Å². The summed E-state index contributed by atoms with van der Waals surface area (Å²) >= 11 is 0. The molecule has 0 heterocycles. The molecule has 5 fully saturated rings. The smallest absolute Gasteiger partial charge is 0.193 e. The third-order valence-electron chi connectivity index (χ3n) is 8.60. The number of rotatable bonds is 5. The Kier molecular flexibility index (Phi) is 4.09. The maximum absolute atomic E-state index is 11.6. The van der Waals surface area contributed by atoms with Crippen LogP contribution in [-0.4, -0.2) is 30.3 Å². The fourth-order valence-electron chi connectivity index (χ4n) is 8.25. The van der Waals surface area contributed by atoms with Gasteiger partial charge in [0, 0.05) is 18.4 Å². The van der Waals surface area contributed by atoms with Gasteiger partial charge in [-0.15, -0.1) is 24.0 Å². The van der Waals surface area contributed by atoms with E-state index >= 15 is 0 Å². The van der Waals surface area contributed by atoms with Gasteiger partial charge in [0.15, 0.2) is 5.96 Å². The number of anilines is 1. The summed E-state index contributed by atoms with van der Waals surface area (Å²) in [5.41, 5.74) is 7.54. The molecule has 0 aliphatic heterocycles. The lowest BCUT2D eigenvalue weighted by Gasteiger charge is -2.51. The van der Waals surface area contributed by atoms with Crippen molar-refractivity contribution in [2.24, 2.45) is 58.1 Å². The average Bonchev–Trinajstić information content (AvgIpc) is 3.14. The number of aliphatic hydroxyl groups is 1. The van der Waals surface area contributed by atoms with Crippen LogP contribution in [0.1, 0.15) is 18.4 Å². The van der Waals surface area contributed by atoms with Gasteiger partial charge in [-0.1, -0.05) is 18.2 Å². The molecule has 0 aromatic heterocycles. The number of methoxy groups -OCH3 is 1. The predicted molar refractivity (Wildman–Crippen MR) is 115 cm³/mol. The van der Waals surface area contributed by atoms with Crippen LogP contribution in [0.5, 0.6) is 0 Å². The van der Waals surface area contributed by atoms with E-state index in [1.165, 1.54) is 12.8 Å². The lowest BCUT2D eigenvalue weighted by molar-refractivity contribution is -0.123. The molecule has 146 valence electrons. The Labute approximate surface area is 177 Å². The molecule has 5 saturated carbocycles. The third-order valence-corrected chi connectivity index (χ3v) is 8.60. The van der Waals surface area contributed by atoms with Crippen molar-refractivity contribution in [1.82, 2.24) is 0 Å². The minimum atomic E-state index is -0.608. The number of nitrogens with two attached hydrogens (primary N) is 1. The first-order valence-electron chi connectivity index (χ1n) is 9.99. The quantitative estimate of drug-likeness (QED) is 0.343. The zero-order valence-electron chi connectivity index (χ0n) is 15.5. The zero-order chi connectivity index (χ0) is 17.6. The molecule has 5 aliphatic rings. The Morgan fingerprint density at radius 3 is 2.74 bits per heavy atom. The number of ether oxygens (including phenoxy) is 1. The van der Waals surface area contributed by atoms with Crippen molar-refractivity contribution in [1.29, 1.82) is 0 Å². The number of guanidine groups is 1. The minimum Gasteiger partial charge on any atom is -0.387 e. The van der Waals surface area contributed by atoms with Gasteiger partial charge in [0.2, 0.25) is 0 Å². The van der Waals surface area contributed by atoms with Gasteiger partial charge < -0.3 is 20.9 Å². The van der Waals surface area contributed by atoms with Crippen LogP contribution in [0.15, 0.2) is 29.3 Å². The van der Waals surface area contributed by atoms with Gasteiger partial charge in [0.05, 0.1) is 18.8 Å². The summed E-state index contributed by atoms with van der Waals surface area (Å²) in [5.74, 6) is 6.34. The molecular formula is C21H28IN3O2. The van der Waals surface area contributed by atoms with Crippen LogP contribution >= 0.6 is 24.0 Å². The van der Waals surface area contributed by atoms with E-state index in [1.807, 2.05) is 24.3 Å². The molecule has 5 nitrogen and oxygen atoms in total. The second kappa shape index (κ2) is 6.07. The number of aliphatic imine (C=N–C) groups is 1. The fourth-order valence-corrected chi connectivity index (χ4v) is 8.25. The number of hydrogen-bond acceptors (Lipinski definition) is 3. The number of nitrogens with zero attached hydrogens (tertiary/aromatic N) is 1. The molecule has 6 rings (SSSR count). The van der Waals surface area contributed by atoms with Crippen molar-refractivity contribution in [3.63, 3.8) is 0 Å². The van der Waals surface area contributed by atoms with Gasteiger partial charge in [-0.25, -0.2) is 0 Å². The van der Waals surface area contributed by atoms with Crippen molar-refractivity contribution < 1.29 is 9.84 Å². The number of nitrogens with one attached hydrogen (secondary N) is 1. The fraction of sp³-hybridized carbons (Fsp3) is 0.667. The molecule has 4 N–H and O–H groups in total. The van der Waals surface area contributed by atoms with E-state index in [0.717, 1.165) is 46.8 Å². The van der Waals surface area contributed by atoms with Crippen LogP contribution in [0.3, 0.4) is 0 Å². The van der Waals surface area contributed by atoms with Crippen molar-refractivity contribution >= 4 is 35.6 Å². The molecule has 0 spiro atoms. The molecule has 1 aromatic carbocycles. The number of halogens is 1. The van der Waals surface area contributed by atoms with Crippen molar-refractivity contribution in [2.45, 2.75) is 25.0 Å². The highest BCUT2D eigenvalue weighted by molar-refractivity contribution is 14.0. The average molecular weight is 481 g/mol. The Balaban J connectivity index is 0.00000160. The molecule has 6 heteroatoms. The number of fused-ring (bicyclic) bond motifs is 2. The summed E-state index contributed by atoms with van der Waals surface area (Å²) in [4.78, 5) is 4.61. The molecule has 0 amide bonds. The Bertz CT molecular complexity index is 795. The zero-order valence-corrected chi connectivity index (χ0v) is 17.9. The Morgan fingerprint density at radius 1 is 1.19 bits per heavy atom. The van der Waals surface area contributed by atoms with Gasteiger partial charge in [-0.3, -0.25) is 4.99 Å². The van der Waals surface area contributed by atoms with E-state index in [9.17, 15) is 5.11 Å². The lowest BCUT2D eigenvalue weighted by Crippen LogP contribution is -2.56. The van der Waals surface area contributed by atoms with Gasteiger partial charge in [0.25, 0.3) is 0 Å². The Hall–Kier alpha value is -0.860. The summed E-state index contributed by atoms with van der Waals surface area (Å²) in [6.45, 7) is 0.979.